The van der Waals surface area contributed by atoms with E-state index >= 15 is 0 Å². The molecule has 1 aromatic carbocycles. The number of hydrogen-bond donors (Lipinski definition) is 2. The largest absolute Gasteiger partial charge is 0.417 e. The molecule has 0 aliphatic carbocycles. The van der Waals surface area contributed by atoms with Gasteiger partial charge in [0.15, 0.2) is 0 Å². The number of aromatic nitrogens is 3. The smallest absolute Gasteiger partial charge is 0.351 e. The summed E-state index contributed by atoms with van der Waals surface area (Å²) in [4.78, 5) is 8.35. The molecule has 0 bridgehead atoms. The van der Waals surface area contributed by atoms with Crippen LogP contribution in [0.15, 0.2) is 47.6 Å². The minimum Gasteiger partial charge on any atom is -0.351 e. The molecule has 3 N–H and O–H groups in total. The average Bonchev–Trinajstić information content (AvgIpc) is 3.20. The monoisotopic (exact) mass is 494 g/mol. The number of hydrogen-bond acceptors (Lipinski definition) is 6. The minimum absolute atomic E-state index is 0.0460. The normalized spacial score (nSPS) is 17.8. The summed E-state index contributed by atoms with van der Waals surface area (Å²) in [5, 5.41) is 12.4. The van der Waals surface area contributed by atoms with Crippen molar-refractivity contribution in [1.82, 2.24) is 20.1 Å². The molecule has 1 aliphatic heterocycles. The van der Waals surface area contributed by atoms with Gasteiger partial charge in [-0.1, -0.05) is 6.07 Å². The van der Waals surface area contributed by atoms with E-state index in [0.29, 0.717) is 37.6 Å². The molecular formula is C22H25F3N6O2S. The number of anilines is 1. The van der Waals surface area contributed by atoms with Crippen LogP contribution < -0.4 is 10.0 Å². The van der Waals surface area contributed by atoms with Gasteiger partial charge in [0, 0.05) is 49.5 Å². The minimum atomic E-state index is -4.41. The number of alkyl halides is 3. The second-order valence-corrected chi connectivity index (χ2v) is 10.0. The number of pyridine rings is 1. The summed E-state index contributed by atoms with van der Waals surface area (Å²) in [5.74, 6) is 0.523. The van der Waals surface area contributed by atoms with Gasteiger partial charge < -0.3 is 4.90 Å². The Morgan fingerprint density at radius 1 is 1.18 bits per heavy atom. The first-order valence-corrected chi connectivity index (χ1v) is 12.2. The molecule has 0 saturated carbocycles. The maximum absolute atomic E-state index is 12.8. The van der Waals surface area contributed by atoms with Crippen molar-refractivity contribution in [2.24, 2.45) is 5.14 Å². The van der Waals surface area contributed by atoms with Crippen LogP contribution in [0.4, 0.5) is 19.0 Å². The summed E-state index contributed by atoms with van der Waals surface area (Å²) < 4.78 is 61.8. The molecule has 3 heterocycles. The van der Waals surface area contributed by atoms with Gasteiger partial charge in [-0.15, -0.1) is 0 Å². The molecular weight excluding hydrogens is 469 g/mol. The van der Waals surface area contributed by atoms with Crippen LogP contribution in [0.5, 0.6) is 0 Å². The highest BCUT2D eigenvalue weighted by Gasteiger charge is 2.32. The molecule has 1 saturated heterocycles. The summed E-state index contributed by atoms with van der Waals surface area (Å²) in [6.45, 7) is 6.32. The van der Waals surface area contributed by atoms with Gasteiger partial charge in [-0.3, -0.25) is 10.00 Å². The lowest BCUT2D eigenvalue weighted by Crippen LogP contribution is -2.51. The maximum Gasteiger partial charge on any atom is 0.417 e. The number of aromatic amines is 1. The van der Waals surface area contributed by atoms with E-state index in [2.05, 4.69) is 20.1 Å². The van der Waals surface area contributed by atoms with Gasteiger partial charge in [-0.05, 0) is 43.7 Å². The molecule has 0 spiro atoms. The van der Waals surface area contributed by atoms with Gasteiger partial charge in [0.1, 0.15) is 5.82 Å². The third-order valence-corrected chi connectivity index (χ3v) is 7.03. The molecule has 34 heavy (non-hydrogen) atoms. The summed E-state index contributed by atoms with van der Waals surface area (Å²) in [6, 6.07) is 7.46. The third-order valence-electron chi connectivity index (χ3n) is 5.96. The Kier molecular flexibility index (Phi) is 6.40. The van der Waals surface area contributed by atoms with Crippen LogP contribution >= 0.6 is 0 Å². The number of piperazine rings is 1. The Bertz CT molecular complexity index is 1270. The summed E-state index contributed by atoms with van der Waals surface area (Å²) in [7, 11) is -3.80. The van der Waals surface area contributed by atoms with Crippen molar-refractivity contribution < 1.29 is 21.6 Å². The fraction of sp³-hybridized carbons (Fsp3) is 0.364. The number of aryl methyl sites for hydroxylation is 1. The Hall–Kier alpha value is -2.96. The van der Waals surface area contributed by atoms with Gasteiger partial charge in [-0.2, -0.15) is 18.3 Å². The molecule has 1 fully saturated rings. The van der Waals surface area contributed by atoms with E-state index in [9.17, 15) is 21.6 Å². The van der Waals surface area contributed by atoms with E-state index in [1.165, 1.54) is 12.1 Å². The second-order valence-electron chi connectivity index (χ2n) is 8.48. The lowest BCUT2D eigenvalue weighted by Gasteiger charge is -2.40. The number of rotatable bonds is 5. The van der Waals surface area contributed by atoms with E-state index in [4.69, 9.17) is 5.14 Å². The first-order chi connectivity index (χ1) is 15.9. The van der Waals surface area contributed by atoms with Gasteiger partial charge in [-0.25, -0.2) is 18.5 Å². The number of sulfonamides is 1. The Morgan fingerprint density at radius 3 is 2.53 bits per heavy atom. The number of benzene rings is 1. The van der Waals surface area contributed by atoms with Crippen LogP contribution in [0.1, 0.15) is 23.6 Å². The Labute approximate surface area is 195 Å². The van der Waals surface area contributed by atoms with Crippen molar-refractivity contribution in [1.29, 1.82) is 0 Å². The first-order valence-electron chi connectivity index (χ1n) is 10.6. The van der Waals surface area contributed by atoms with E-state index in [-0.39, 0.29) is 10.9 Å². The fourth-order valence-corrected chi connectivity index (χ4v) is 5.05. The van der Waals surface area contributed by atoms with Gasteiger partial charge in [0.25, 0.3) is 0 Å². The van der Waals surface area contributed by atoms with Crippen LogP contribution in [0.3, 0.4) is 0 Å². The van der Waals surface area contributed by atoms with E-state index in [1.54, 1.807) is 25.3 Å². The van der Waals surface area contributed by atoms with Gasteiger partial charge in [0.05, 0.1) is 22.3 Å². The van der Waals surface area contributed by atoms with Crippen molar-refractivity contribution in [2.45, 2.75) is 37.5 Å². The van der Waals surface area contributed by atoms with Crippen molar-refractivity contribution in [3.05, 3.63) is 59.4 Å². The average molecular weight is 495 g/mol. The maximum atomic E-state index is 12.8. The number of nitrogens with two attached hydrogens (primary N) is 1. The quantitative estimate of drug-likeness (QED) is 0.564. The van der Waals surface area contributed by atoms with Crippen molar-refractivity contribution in [2.75, 3.05) is 24.5 Å². The highest BCUT2D eigenvalue weighted by molar-refractivity contribution is 7.89. The highest BCUT2D eigenvalue weighted by atomic mass is 32.2. The lowest BCUT2D eigenvalue weighted by molar-refractivity contribution is -0.137. The Morgan fingerprint density at radius 2 is 1.94 bits per heavy atom. The van der Waals surface area contributed by atoms with Crippen LogP contribution in [-0.4, -0.2) is 54.2 Å². The number of H-pyrrole nitrogens is 1. The zero-order valence-electron chi connectivity index (χ0n) is 18.7. The molecule has 4 rings (SSSR count). The molecule has 0 amide bonds. The van der Waals surface area contributed by atoms with Crippen LogP contribution in [0.2, 0.25) is 0 Å². The molecule has 1 atom stereocenters. The van der Waals surface area contributed by atoms with E-state index < -0.39 is 21.8 Å². The lowest BCUT2D eigenvalue weighted by atomic mass is 10.0. The van der Waals surface area contributed by atoms with E-state index in [1.807, 2.05) is 11.8 Å². The third kappa shape index (κ3) is 5.08. The highest BCUT2D eigenvalue weighted by Crippen LogP contribution is 2.30. The summed E-state index contributed by atoms with van der Waals surface area (Å²) >= 11 is 0. The van der Waals surface area contributed by atoms with E-state index in [0.717, 1.165) is 29.1 Å². The zero-order chi connectivity index (χ0) is 24.7. The Balaban J connectivity index is 1.45. The van der Waals surface area contributed by atoms with Crippen molar-refractivity contribution in [3.8, 4) is 11.3 Å². The summed E-state index contributed by atoms with van der Waals surface area (Å²) in [6.07, 6.45) is -1.79. The fourth-order valence-electron chi connectivity index (χ4n) is 4.29. The SMILES string of the molecule is Cc1cc(-c2[nH]ncc2CN2CCN(c3ccc(C(F)(F)F)cn3)C(C)C2)ccc1S(N)(=O)=O. The topological polar surface area (TPSA) is 108 Å². The zero-order valence-corrected chi connectivity index (χ0v) is 19.5. The van der Waals surface area contributed by atoms with Crippen molar-refractivity contribution >= 4 is 15.8 Å². The standard InChI is InChI=1S/C22H25F3N6O2S/c1-14-9-16(3-5-19(14)34(26,32)33)21-17(10-28-29-21)13-30-7-8-31(15(2)12-30)20-6-4-18(11-27-20)22(23,24)25/h3-6,9-11,15H,7-8,12-13H2,1-2H3,(H,28,29)(H2,26,32,33). The molecule has 182 valence electrons. The van der Waals surface area contributed by atoms with Gasteiger partial charge >= 0.3 is 6.18 Å². The van der Waals surface area contributed by atoms with Crippen LogP contribution in [0.25, 0.3) is 11.3 Å². The molecule has 1 aliphatic rings. The van der Waals surface area contributed by atoms with Crippen LogP contribution in [-0.2, 0) is 22.7 Å². The predicted molar refractivity (Wildman–Crippen MR) is 121 cm³/mol. The second kappa shape index (κ2) is 9.01. The molecule has 3 aromatic rings. The number of halogens is 3. The van der Waals surface area contributed by atoms with Crippen LogP contribution in [0, 0.1) is 6.92 Å². The number of nitrogens with one attached hydrogen (secondary N) is 1. The molecule has 8 nitrogen and oxygen atoms in total. The predicted octanol–water partition coefficient (Wildman–Crippen LogP) is 3.16. The van der Waals surface area contributed by atoms with Crippen molar-refractivity contribution in [3.63, 3.8) is 0 Å². The summed E-state index contributed by atoms with van der Waals surface area (Å²) in [5.41, 5.74) is 2.34. The first kappa shape index (κ1) is 24.2. The van der Waals surface area contributed by atoms with Gasteiger partial charge in [0.2, 0.25) is 10.0 Å². The number of primary sulfonamides is 1. The molecule has 1 unspecified atom stereocenters. The molecule has 2 aromatic heterocycles. The molecule has 12 heteroatoms. The molecule has 0 radical (unpaired) electrons. The number of nitrogens with zero attached hydrogens (tertiary/aromatic N) is 4.